The van der Waals surface area contributed by atoms with Gasteiger partial charge in [0, 0.05) is 48.3 Å². The normalized spacial score (nSPS) is 18.7. The van der Waals surface area contributed by atoms with Crippen LogP contribution in [0.3, 0.4) is 0 Å². The quantitative estimate of drug-likeness (QED) is 0.390. The molecule has 1 aliphatic carbocycles. The minimum Gasteiger partial charge on any atom is -0.351 e. The highest BCUT2D eigenvalue weighted by atomic mass is 35.5. The zero-order valence-corrected chi connectivity index (χ0v) is 23.0. The molecule has 1 saturated carbocycles. The van der Waals surface area contributed by atoms with Gasteiger partial charge in [-0.3, -0.25) is 24.2 Å². The zero-order valence-electron chi connectivity index (χ0n) is 22.2. The summed E-state index contributed by atoms with van der Waals surface area (Å²) in [6.07, 6.45) is 0.0112. The van der Waals surface area contributed by atoms with Gasteiger partial charge in [-0.1, -0.05) is 29.8 Å². The summed E-state index contributed by atoms with van der Waals surface area (Å²) in [5.41, 5.74) is -0.201. The van der Waals surface area contributed by atoms with E-state index in [2.05, 4.69) is 15.6 Å². The van der Waals surface area contributed by atoms with Gasteiger partial charge in [-0.05, 0) is 30.3 Å². The molecule has 2 N–H and O–H groups in total. The summed E-state index contributed by atoms with van der Waals surface area (Å²) in [6, 6.07) is 8.72. The van der Waals surface area contributed by atoms with Crippen LogP contribution < -0.4 is 20.4 Å². The van der Waals surface area contributed by atoms with Crippen molar-refractivity contribution in [3.63, 3.8) is 0 Å². The number of piperazine rings is 1. The fourth-order valence-electron chi connectivity index (χ4n) is 5.15. The number of nitrogens with zero attached hydrogens (tertiary/aromatic N) is 4. The molecule has 1 saturated heterocycles. The van der Waals surface area contributed by atoms with Crippen LogP contribution in [0, 0.1) is 23.0 Å². The summed E-state index contributed by atoms with van der Waals surface area (Å²) < 4.78 is 56.4. The minimum absolute atomic E-state index is 0.00866. The molecule has 5 rings (SSSR count). The molecule has 3 aromatic rings. The highest BCUT2D eigenvalue weighted by Crippen LogP contribution is 2.39. The number of halogens is 5. The Hall–Kier alpha value is -4.54. The van der Waals surface area contributed by atoms with Crippen LogP contribution in [0.5, 0.6) is 0 Å². The van der Waals surface area contributed by atoms with Crippen molar-refractivity contribution in [2.45, 2.75) is 36.9 Å². The second-order valence-electron chi connectivity index (χ2n) is 10.2. The Labute approximate surface area is 248 Å². The van der Waals surface area contributed by atoms with Gasteiger partial charge in [0.15, 0.2) is 0 Å². The zero-order chi connectivity index (χ0) is 30.9. The number of alkyl halides is 2. The molecular weight excluding hydrogens is 592 g/mol. The van der Waals surface area contributed by atoms with E-state index in [1.807, 2.05) is 6.07 Å². The number of nitrogens with one attached hydrogen (secondary N) is 2. The summed E-state index contributed by atoms with van der Waals surface area (Å²) in [7, 11) is 0. The second-order valence-corrected chi connectivity index (χ2v) is 10.6. The Morgan fingerprint density at radius 2 is 1.84 bits per heavy atom. The predicted octanol–water partition coefficient (Wildman–Crippen LogP) is 3.88. The van der Waals surface area contributed by atoms with Crippen molar-refractivity contribution in [3.8, 4) is 6.07 Å². The molecule has 0 spiro atoms. The molecule has 2 heterocycles. The number of aromatic nitrogens is 1. The minimum atomic E-state index is -2.97. The van der Waals surface area contributed by atoms with Crippen molar-refractivity contribution >= 4 is 40.8 Å². The van der Waals surface area contributed by atoms with Gasteiger partial charge in [-0.15, -0.1) is 0 Å². The predicted molar refractivity (Wildman–Crippen MR) is 147 cm³/mol. The van der Waals surface area contributed by atoms with Gasteiger partial charge in [0.05, 0.1) is 23.9 Å². The standard InChI is InChI=1S/C29H23ClF4N6O3/c30-22-4-2-1-3-21(22)26(27(42)38-19-11-29(33,34)12-19)39(20-9-17(31)8-18(32)10-20)28(43)23-14-36-15-25(41)40(23)24-7-16(13-35)5-6-37-24/h1-10,19,23,26,36H,11-12,14-15H2,(H,38,42). The fourth-order valence-corrected chi connectivity index (χ4v) is 5.39. The van der Waals surface area contributed by atoms with E-state index < -0.39 is 71.9 Å². The molecule has 9 nitrogen and oxygen atoms in total. The second kappa shape index (κ2) is 12.0. The Kier molecular flexibility index (Phi) is 8.34. The molecule has 2 atom stereocenters. The van der Waals surface area contributed by atoms with Crippen LogP contribution in [0.2, 0.25) is 5.02 Å². The van der Waals surface area contributed by atoms with Crippen LogP contribution in [-0.4, -0.2) is 53.8 Å². The molecular formula is C29H23ClF4N6O3. The monoisotopic (exact) mass is 614 g/mol. The molecule has 43 heavy (non-hydrogen) atoms. The molecule has 222 valence electrons. The fraction of sp³-hybridized carbons (Fsp3) is 0.276. The maximum Gasteiger partial charge on any atom is 0.252 e. The Balaban J connectivity index is 1.65. The van der Waals surface area contributed by atoms with Gasteiger partial charge in [-0.2, -0.15) is 5.26 Å². The lowest BCUT2D eigenvalue weighted by atomic mass is 9.87. The Morgan fingerprint density at radius 3 is 2.49 bits per heavy atom. The van der Waals surface area contributed by atoms with Crippen LogP contribution in [-0.2, 0) is 14.4 Å². The first-order valence-corrected chi connectivity index (χ1v) is 13.5. The van der Waals surface area contributed by atoms with Crippen molar-refractivity contribution in [2.24, 2.45) is 0 Å². The SMILES string of the molecule is N#Cc1ccnc(N2C(=O)CNCC2C(=O)N(c2cc(F)cc(F)c2)C(C(=O)NC2CC(F)(F)C2)c2ccccc2Cl)c1. The summed E-state index contributed by atoms with van der Waals surface area (Å²) in [5, 5.41) is 14.7. The molecule has 1 aliphatic heterocycles. The van der Waals surface area contributed by atoms with Crippen molar-refractivity contribution in [3.05, 3.63) is 88.6 Å². The van der Waals surface area contributed by atoms with Gasteiger partial charge >= 0.3 is 0 Å². The van der Waals surface area contributed by atoms with Crippen LogP contribution in [0.1, 0.15) is 30.0 Å². The highest BCUT2D eigenvalue weighted by Gasteiger charge is 2.48. The third kappa shape index (κ3) is 6.30. The van der Waals surface area contributed by atoms with Crippen LogP contribution >= 0.6 is 11.6 Å². The molecule has 0 radical (unpaired) electrons. The van der Waals surface area contributed by atoms with Crippen molar-refractivity contribution in [2.75, 3.05) is 22.9 Å². The van der Waals surface area contributed by atoms with Gasteiger partial charge in [0.1, 0.15) is 29.5 Å². The van der Waals surface area contributed by atoms with E-state index >= 15 is 0 Å². The number of rotatable bonds is 7. The third-order valence-electron chi connectivity index (χ3n) is 7.11. The lowest BCUT2D eigenvalue weighted by Gasteiger charge is -2.41. The van der Waals surface area contributed by atoms with Crippen molar-refractivity contribution in [1.29, 1.82) is 5.26 Å². The Bertz CT molecular complexity index is 1610. The number of carbonyl (C=O) groups is 3. The summed E-state index contributed by atoms with van der Waals surface area (Å²) in [5.74, 6) is -7.64. The van der Waals surface area contributed by atoms with Crippen LogP contribution in [0.25, 0.3) is 0 Å². The number of amides is 3. The maximum absolute atomic E-state index is 14.6. The smallest absolute Gasteiger partial charge is 0.252 e. The molecule has 2 aromatic carbocycles. The summed E-state index contributed by atoms with van der Waals surface area (Å²) in [4.78, 5) is 47.5. The molecule has 0 bridgehead atoms. The number of hydrogen-bond acceptors (Lipinski definition) is 6. The van der Waals surface area contributed by atoms with Crippen molar-refractivity contribution < 1.29 is 31.9 Å². The van der Waals surface area contributed by atoms with Gasteiger partial charge in [-0.25, -0.2) is 22.5 Å². The summed E-state index contributed by atoms with van der Waals surface area (Å²) >= 11 is 6.45. The van der Waals surface area contributed by atoms with E-state index in [-0.39, 0.29) is 35.1 Å². The average Bonchev–Trinajstić information content (AvgIpc) is 2.94. The number of benzene rings is 2. The van der Waals surface area contributed by atoms with Crippen LogP contribution in [0.4, 0.5) is 29.1 Å². The molecule has 2 aliphatic rings. The van der Waals surface area contributed by atoms with Gasteiger partial charge in [0.2, 0.25) is 11.8 Å². The lowest BCUT2D eigenvalue weighted by molar-refractivity contribution is -0.133. The topological polar surface area (TPSA) is 118 Å². The molecule has 2 fully saturated rings. The van der Waals surface area contributed by atoms with E-state index in [0.717, 1.165) is 21.9 Å². The van der Waals surface area contributed by atoms with Gasteiger partial charge < -0.3 is 10.6 Å². The first kappa shape index (κ1) is 29.9. The largest absolute Gasteiger partial charge is 0.351 e. The molecule has 1 aromatic heterocycles. The molecule has 3 amide bonds. The maximum atomic E-state index is 14.6. The highest BCUT2D eigenvalue weighted by molar-refractivity contribution is 6.31. The third-order valence-corrected chi connectivity index (χ3v) is 7.45. The molecule has 14 heteroatoms. The number of nitriles is 1. The van der Waals surface area contributed by atoms with Crippen molar-refractivity contribution in [1.82, 2.24) is 15.6 Å². The average molecular weight is 615 g/mol. The number of anilines is 2. The summed E-state index contributed by atoms with van der Waals surface area (Å²) in [6.45, 7) is -0.357. The van der Waals surface area contributed by atoms with Gasteiger partial charge in [0.25, 0.3) is 11.8 Å². The number of carbonyl (C=O) groups excluding carboxylic acids is 3. The lowest BCUT2D eigenvalue weighted by Crippen LogP contribution is -2.63. The van der Waals surface area contributed by atoms with E-state index in [1.54, 1.807) is 6.07 Å². The van der Waals surface area contributed by atoms with E-state index in [0.29, 0.717) is 6.07 Å². The Morgan fingerprint density at radius 1 is 1.14 bits per heavy atom. The first-order chi connectivity index (χ1) is 20.5. The van der Waals surface area contributed by atoms with E-state index in [4.69, 9.17) is 11.6 Å². The molecule has 2 unspecified atom stereocenters. The van der Waals surface area contributed by atoms with E-state index in [1.165, 1.54) is 36.5 Å². The van der Waals surface area contributed by atoms with E-state index in [9.17, 15) is 37.2 Å². The number of hydrogen-bond donors (Lipinski definition) is 2. The first-order valence-electron chi connectivity index (χ1n) is 13.1. The van der Waals surface area contributed by atoms with Crippen LogP contribution in [0.15, 0.2) is 60.8 Å². The number of pyridine rings is 1.